The fourth-order valence-electron chi connectivity index (χ4n) is 1.56. The average molecular weight is 271 g/mol. The lowest BCUT2D eigenvalue weighted by Gasteiger charge is -2.09. The topological polar surface area (TPSA) is 53.1 Å². The second kappa shape index (κ2) is 4.83. The van der Waals surface area contributed by atoms with Crippen LogP contribution in [0.5, 0.6) is 5.75 Å². The molecule has 7 heteroatoms. The quantitative estimate of drug-likeness (QED) is 0.873. The summed E-state index contributed by atoms with van der Waals surface area (Å²) in [5.74, 6) is 0.420. The summed E-state index contributed by atoms with van der Waals surface area (Å²) in [6, 6.07) is 4.69. The Bertz CT molecular complexity index is 578. The third kappa shape index (κ3) is 2.81. The van der Waals surface area contributed by atoms with Gasteiger partial charge in [-0.15, -0.1) is 0 Å². The first-order valence-corrected chi connectivity index (χ1v) is 5.56. The zero-order chi connectivity index (χ0) is 14.0. The van der Waals surface area contributed by atoms with E-state index in [4.69, 9.17) is 10.5 Å². The van der Waals surface area contributed by atoms with Crippen LogP contribution >= 0.6 is 0 Å². The highest BCUT2D eigenvalue weighted by Crippen LogP contribution is 2.30. The van der Waals surface area contributed by atoms with Crippen molar-refractivity contribution >= 4 is 5.69 Å². The Kier molecular flexibility index (Phi) is 3.37. The molecule has 2 rings (SSSR count). The molecule has 0 saturated heterocycles. The van der Waals surface area contributed by atoms with Crippen LogP contribution < -0.4 is 10.5 Å². The van der Waals surface area contributed by atoms with Crippen LogP contribution in [-0.4, -0.2) is 16.4 Å². The van der Waals surface area contributed by atoms with Gasteiger partial charge in [-0.3, -0.25) is 0 Å². The summed E-state index contributed by atoms with van der Waals surface area (Å²) < 4.78 is 43.9. The molecule has 0 aliphatic rings. The van der Waals surface area contributed by atoms with E-state index in [-0.39, 0.29) is 0 Å². The third-order valence-corrected chi connectivity index (χ3v) is 2.47. The molecule has 19 heavy (non-hydrogen) atoms. The minimum absolute atomic E-state index is 0.417. The molecule has 0 spiro atoms. The Morgan fingerprint density at radius 3 is 2.68 bits per heavy atom. The minimum Gasteiger partial charge on any atom is -0.492 e. The summed E-state index contributed by atoms with van der Waals surface area (Å²) in [4.78, 5) is 0. The van der Waals surface area contributed by atoms with Crippen LogP contribution in [0.1, 0.15) is 12.5 Å². The molecule has 1 heterocycles. The van der Waals surface area contributed by atoms with Crippen molar-refractivity contribution in [3.8, 4) is 11.4 Å². The number of rotatable bonds is 3. The van der Waals surface area contributed by atoms with Crippen LogP contribution in [0.25, 0.3) is 5.69 Å². The van der Waals surface area contributed by atoms with Gasteiger partial charge in [0.05, 0.1) is 29.7 Å². The number of anilines is 1. The van der Waals surface area contributed by atoms with Gasteiger partial charge in [-0.25, -0.2) is 4.68 Å². The monoisotopic (exact) mass is 271 g/mol. The van der Waals surface area contributed by atoms with Gasteiger partial charge >= 0.3 is 6.18 Å². The SMILES string of the molecule is CCOc1cc(-n2cc(C(F)(F)F)cn2)ccc1N. The van der Waals surface area contributed by atoms with Crippen LogP contribution in [0.4, 0.5) is 18.9 Å². The lowest BCUT2D eigenvalue weighted by molar-refractivity contribution is -0.137. The Hall–Kier alpha value is -2.18. The lowest BCUT2D eigenvalue weighted by atomic mass is 10.2. The van der Waals surface area contributed by atoms with Gasteiger partial charge in [0.1, 0.15) is 5.75 Å². The van der Waals surface area contributed by atoms with Gasteiger partial charge in [0.15, 0.2) is 0 Å². The summed E-state index contributed by atoms with van der Waals surface area (Å²) >= 11 is 0. The van der Waals surface area contributed by atoms with Gasteiger partial charge in [0, 0.05) is 12.3 Å². The molecule has 0 aliphatic heterocycles. The van der Waals surface area contributed by atoms with Gasteiger partial charge < -0.3 is 10.5 Å². The van der Waals surface area contributed by atoms with Crippen molar-refractivity contribution in [1.29, 1.82) is 0 Å². The molecule has 0 fully saturated rings. The van der Waals surface area contributed by atoms with Crippen molar-refractivity contribution in [1.82, 2.24) is 9.78 Å². The van der Waals surface area contributed by atoms with E-state index in [0.29, 0.717) is 23.7 Å². The van der Waals surface area contributed by atoms with E-state index in [0.717, 1.165) is 17.1 Å². The van der Waals surface area contributed by atoms with E-state index in [1.54, 1.807) is 25.1 Å². The number of hydrogen-bond donors (Lipinski definition) is 1. The van der Waals surface area contributed by atoms with E-state index >= 15 is 0 Å². The normalized spacial score (nSPS) is 11.6. The maximum Gasteiger partial charge on any atom is 0.419 e. The van der Waals surface area contributed by atoms with Crippen molar-refractivity contribution in [3.63, 3.8) is 0 Å². The first-order valence-electron chi connectivity index (χ1n) is 5.56. The van der Waals surface area contributed by atoms with Crippen LogP contribution in [-0.2, 0) is 6.18 Å². The predicted molar refractivity (Wildman–Crippen MR) is 64.1 cm³/mol. The molecule has 0 aliphatic carbocycles. The Balaban J connectivity index is 2.36. The number of alkyl halides is 3. The van der Waals surface area contributed by atoms with Crippen molar-refractivity contribution in [2.75, 3.05) is 12.3 Å². The lowest BCUT2D eigenvalue weighted by Crippen LogP contribution is -2.03. The molecule has 1 aromatic heterocycles. The molecular formula is C12H12F3N3O. The number of nitrogens with zero attached hydrogens (tertiary/aromatic N) is 2. The molecule has 2 N–H and O–H groups in total. The number of ether oxygens (including phenoxy) is 1. The number of halogens is 3. The molecule has 0 atom stereocenters. The minimum atomic E-state index is -4.41. The number of nitrogen functional groups attached to an aromatic ring is 1. The van der Waals surface area contributed by atoms with Crippen LogP contribution in [0, 0.1) is 0 Å². The Labute approximate surface area is 107 Å². The zero-order valence-corrected chi connectivity index (χ0v) is 10.1. The molecule has 102 valence electrons. The standard InChI is InChI=1S/C12H12F3N3O/c1-2-19-11-5-9(3-4-10(11)16)18-7-8(6-17-18)12(13,14)15/h3-7H,2,16H2,1H3. The maximum atomic E-state index is 12.5. The molecular weight excluding hydrogens is 259 g/mol. The second-order valence-electron chi connectivity index (χ2n) is 3.83. The highest BCUT2D eigenvalue weighted by molar-refractivity contribution is 5.57. The summed E-state index contributed by atoms with van der Waals surface area (Å²) in [7, 11) is 0. The van der Waals surface area contributed by atoms with Gasteiger partial charge in [0.25, 0.3) is 0 Å². The van der Waals surface area contributed by atoms with Crippen molar-refractivity contribution in [2.24, 2.45) is 0 Å². The summed E-state index contributed by atoms with van der Waals surface area (Å²) in [6.07, 6.45) is -2.72. The molecule has 1 aromatic carbocycles. The van der Waals surface area contributed by atoms with Crippen molar-refractivity contribution in [2.45, 2.75) is 13.1 Å². The van der Waals surface area contributed by atoms with Gasteiger partial charge in [0.2, 0.25) is 0 Å². The van der Waals surface area contributed by atoms with Gasteiger partial charge in [-0.2, -0.15) is 18.3 Å². The smallest absolute Gasteiger partial charge is 0.419 e. The number of hydrogen-bond acceptors (Lipinski definition) is 3. The van der Waals surface area contributed by atoms with Crippen molar-refractivity contribution < 1.29 is 17.9 Å². The second-order valence-corrected chi connectivity index (χ2v) is 3.83. The zero-order valence-electron chi connectivity index (χ0n) is 10.1. The molecule has 4 nitrogen and oxygen atoms in total. The van der Waals surface area contributed by atoms with E-state index in [1.165, 1.54) is 0 Å². The van der Waals surface area contributed by atoms with E-state index in [2.05, 4.69) is 5.10 Å². The van der Waals surface area contributed by atoms with Crippen LogP contribution in [0.3, 0.4) is 0 Å². The average Bonchev–Trinajstić information content (AvgIpc) is 2.81. The third-order valence-electron chi connectivity index (χ3n) is 2.47. The predicted octanol–water partition coefficient (Wildman–Crippen LogP) is 2.87. The summed E-state index contributed by atoms with van der Waals surface area (Å²) in [5.41, 5.74) is 5.77. The maximum absolute atomic E-state index is 12.5. The number of benzene rings is 1. The molecule has 0 unspecified atom stereocenters. The molecule has 0 amide bonds. The van der Waals surface area contributed by atoms with E-state index in [1.807, 2.05) is 0 Å². The van der Waals surface area contributed by atoms with E-state index in [9.17, 15) is 13.2 Å². The molecule has 0 radical (unpaired) electrons. The fraction of sp³-hybridized carbons (Fsp3) is 0.250. The van der Waals surface area contributed by atoms with E-state index < -0.39 is 11.7 Å². The van der Waals surface area contributed by atoms with Crippen LogP contribution in [0.15, 0.2) is 30.6 Å². The van der Waals surface area contributed by atoms with Gasteiger partial charge in [-0.1, -0.05) is 0 Å². The summed E-state index contributed by atoms with van der Waals surface area (Å²) in [5, 5.41) is 3.68. The summed E-state index contributed by atoms with van der Waals surface area (Å²) in [6.45, 7) is 2.21. The van der Waals surface area contributed by atoms with Crippen LogP contribution in [0.2, 0.25) is 0 Å². The number of aromatic nitrogens is 2. The van der Waals surface area contributed by atoms with Gasteiger partial charge in [-0.05, 0) is 19.1 Å². The first-order chi connectivity index (χ1) is 8.91. The number of nitrogens with two attached hydrogens (primary N) is 1. The fourth-order valence-corrected chi connectivity index (χ4v) is 1.56. The van der Waals surface area contributed by atoms with Crippen molar-refractivity contribution in [3.05, 3.63) is 36.2 Å². The first kappa shape index (κ1) is 13.3. The Morgan fingerprint density at radius 1 is 1.37 bits per heavy atom. The molecule has 0 bridgehead atoms. The Morgan fingerprint density at radius 2 is 2.11 bits per heavy atom. The molecule has 0 saturated carbocycles. The highest BCUT2D eigenvalue weighted by atomic mass is 19.4. The highest BCUT2D eigenvalue weighted by Gasteiger charge is 2.32. The molecule has 2 aromatic rings. The largest absolute Gasteiger partial charge is 0.492 e.